The molecule has 104 valence electrons. The molecule has 1 aromatic heterocycles. The molecule has 2 aromatic rings. The lowest BCUT2D eigenvalue weighted by atomic mass is 10.3. The summed E-state index contributed by atoms with van der Waals surface area (Å²) < 4.78 is 0.659. The molecule has 1 heterocycles. The van der Waals surface area contributed by atoms with E-state index in [1.54, 1.807) is 18.2 Å². The molecular weight excluding hydrogens is 350 g/mol. The number of aromatic nitrogens is 1. The molecule has 0 spiro atoms. The van der Waals surface area contributed by atoms with E-state index >= 15 is 0 Å². The fourth-order valence-electron chi connectivity index (χ4n) is 1.49. The molecule has 2 rings (SSSR count). The average Bonchev–Trinajstić information content (AvgIpc) is 2.41. The Bertz CT molecular complexity index is 667. The summed E-state index contributed by atoms with van der Waals surface area (Å²) in [5.41, 5.74) is 2.77. The number of pyridine rings is 1. The van der Waals surface area contributed by atoms with Crippen LogP contribution in [0.2, 0.25) is 5.02 Å². The van der Waals surface area contributed by atoms with E-state index < -0.39 is 4.92 Å². The zero-order valence-corrected chi connectivity index (χ0v) is 12.3. The van der Waals surface area contributed by atoms with Crippen molar-refractivity contribution in [1.82, 2.24) is 4.98 Å². The van der Waals surface area contributed by atoms with Gasteiger partial charge in [-0.2, -0.15) is 0 Å². The number of nitrogen functional groups attached to an aromatic ring is 1. The van der Waals surface area contributed by atoms with Crippen molar-refractivity contribution >= 4 is 50.5 Å². The SMILES string of the molecule is NNc1ccc([N+](=O)[O-])c(Nc2ccc(Cl)cc2Br)n1. The maximum atomic E-state index is 11.0. The smallest absolute Gasteiger partial charge is 0.311 e. The highest BCUT2D eigenvalue weighted by atomic mass is 79.9. The summed E-state index contributed by atoms with van der Waals surface area (Å²) in [5, 5.41) is 14.4. The van der Waals surface area contributed by atoms with Crippen LogP contribution in [0.25, 0.3) is 0 Å². The molecule has 0 saturated carbocycles. The molecular formula is C11H9BrClN5O2. The van der Waals surface area contributed by atoms with Crippen molar-refractivity contribution in [2.75, 3.05) is 10.7 Å². The van der Waals surface area contributed by atoms with Crippen LogP contribution in [0.4, 0.5) is 23.0 Å². The van der Waals surface area contributed by atoms with Gasteiger partial charge in [0.2, 0.25) is 5.82 Å². The topological polar surface area (TPSA) is 106 Å². The van der Waals surface area contributed by atoms with Gasteiger partial charge >= 0.3 is 5.69 Å². The lowest BCUT2D eigenvalue weighted by Gasteiger charge is -2.09. The number of benzene rings is 1. The Balaban J connectivity index is 2.43. The normalized spacial score (nSPS) is 10.2. The van der Waals surface area contributed by atoms with Crippen molar-refractivity contribution in [2.45, 2.75) is 0 Å². The first-order chi connectivity index (χ1) is 9.51. The summed E-state index contributed by atoms with van der Waals surface area (Å²) in [6.45, 7) is 0. The highest BCUT2D eigenvalue weighted by molar-refractivity contribution is 9.10. The first-order valence-corrected chi connectivity index (χ1v) is 6.52. The van der Waals surface area contributed by atoms with Crippen LogP contribution in [-0.4, -0.2) is 9.91 Å². The Morgan fingerprint density at radius 1 is 1.35 bits per heavy atom. The van der Waals surface area contributed by atoms with E-state index in [0.29, 0.717) is 21.0 Å². The van der Waals surface area contributed by atoms with Gasteiger partial charge in [-0.3, -0.25) is 10.1 Å². The highest BCUT2D eigenvalue weighted by Gasteiger charge is 2.17. The number of hydrazine groups is 1. The number of nitrogens with one attached hydrogen (secondary N) is 2. The predicted molar refractivity (Wildman–Crippen MR) is 81.1 cm³/mol. The molecule has 1 aromatic carbocycles. The molecule has 0 fully saturated rings. The van der Waals surface area contributed by atoms with Crippen molar-refractivity contribution in [3.8, 4) is 0 Å². The second-order valence-electron chi connectivity index (χ2n) is 3.71. The lowest BCUT2D eigenvalue weighted by molar-refractivity contribution is -0.384. The summed E-state index contributed by atoms with van der Waals surface area (Å²) in [7, 11) is 0. The average molecular weight is 359 g/mol. The standard InChI is InChI=1S/C11H9BrClN5O2/c12-7-5-6(13)1-2-8(7)15-11-9(18(19)20)3-4-10(16-11)17-14/h1-5H,14H2,(H2,15,16,17). The Hall–Kier alpha value is -1.90. The molecule has 0 saturated heterocycles. The summed E-state index contributed by atoms with van der Waals surface area (Å²) >= 11 is 9.16. The van der Waals surface area contributed by atoms with Crippen LogP contribution in [0, 0.1) is 10.1 Å². The van der Waals surface area contributed by atoms with E-state index in [9.17, 15) is 10.1 Å². The second-order valence-corrected chi connectivity index (χ2v) is 5.01. The second kappa shape index (κ2) is 6.04. The fourth-order valence-corrected chi connectivity index (χ4v) is 2.27. The number of nitro groups is 1. The Labute approximate surface area is 127 Å². The summed E-state index contributed by atoms with van der Waals surface area (Å²) in [4.78, 5) is 14.5. The van der Waals surface area contributed by atoms with Crippen molar-refractivity contribution in [3.63, 3.8) is 0 Å². The van der Waals surface area contributed by atoms with Gasteiger partial charge in [-0.15, -0.1) is 0 Å². The molecule has 0 aliphatic rings. The van der Waals surface area contributed by atoms with Gasteiger partial charge in [0.15, 0.2) is 0 Å². The van der Waals surface area contributed by atoms with Gasteiger partial charge in [0.1, 0.15) is 5.82 Å². The third-order valence-electron chi connectivity index (χ3n) is 2.40. The van der Waals surface area contributed by atoms with Crippen LogP contribution in [0.5, 0.6) is 0 Å². The van der Waals surface area contributed by atoms with Crippen molar-refractivity contribution < 1.29 is 4.92 Å². The maximum Gasteiger partial charge on any atom is 0.311 e. The molecule has 0 atom stereocenters. The monoisotopic (exact) mass is 357 g/mol. The zero-order chi connectivity index (χ0) is 14.7. The summed E-state index contributed by atoms with van der Waals surface area (Å²) in [6.07, 6.45) is 0. The summed E-state index contributed by atoms with van der Waals surface area (Å²) in [6, 6.07) is 7.74. The van der Waals surface area contributed by atoms with Crippen LogP contribution in [-0.2, 0) is 0 Å². The van der Waals surface area contributed by atoms with Gasteiger partial charge < -0.3 is 10.7 Å². The van der Waals surface area contributed by atoms with Crippen LogP contribution in [0.3, 0.4) is 0 Å². The van der Waals surface area contributed by atoms with Gasteiger partial charge in [-0.25, -0.2) is 10.8 Å². The predicted octanol–water partition coefficient (Wildman–Crippen LogP) is 3.43. The van der Waals surface area contributed by atoms with Crippen LogP contribution < -0.4 is 16.6 Å². The minimum atomic E-state index is -0.528. The van der Waals surface area contributed by atoms with Crippen LogP contribution in [0.1, 0.15) is 0 Å². The van der Waals surface area contributed by atoms with E-state index in [1.165, 1.54) is 12.1 Å². The molecule has 0 unspecified atom stereocenters. The third kappa shape index (κ3) is 3.16. The van der Waals surface area contributed by atoms with Crippen molar-refractivity contribution in [1.29, 1.82) is 0 Å². The first-order valence-electron chi connectivity index (χ1n) is 5.35. The zero-order valence-electron chi connectivity index (χ0n) is 9.93. The van der Waals surface area contributed by atoms with E-state index in [2.05, 4.69) is 31.7 Å². The van der Waals surface area contributed by atoms with E-state index in [0.717, 1.165) is 0 Å². The molecule has 0 aliphatic heterocycles. The van der Waals surface area contributed by atoms with E-state index in [1.807, 2.05) is 0 Å². The van der Waals surface area contributed by atoms with Gasteiger partial charge in [0.05, 0.1) is 10.6 Å². The molecule has 0 radical (unpaired) electrons. The lowest BCUT2D eigenvalue weighted by Crippen LogP contribution is -2.10. The number of nitrogens with zero attached hydrogens (tertiary/aromatic N) is 2. The van der Waals surface area contributed by atoms with E-state index in [-0.39, 0.29) is 11.5 Å². The molecule has 20 heavy (non-hydrogen) atoms. The number of hydrogen-bond acceptors (Lipinski definition) is 6. The molecule has 9 heteroatoms. The Kier molecular flexibility index (Phi) is 4.38. The molecule has 0 amide bonds. The van der Waals surface area contributed by atoms with E-state index in [4.69, 9.17) is 17.4 Å². The third-order valence-corrected chi connectivity index (χ3v) is 3.29. The molecule has 0 bridgehead atoms. The van der Waals surface area contributed by atoms with Crippen LogP contribution in [0.15, 0.2) is 34.8 Å². The molecule has 4 N–H and O–H groups in total. The highest BCUT2D eigenvalue weighted by Crippen LogP contribution is 2.32. The van der Waals surface area contributed by atoms with Gasteiger partial charge in [0.25, 0.3) is 0 Å². The number of halogens is 2. The number of anilines is 3. The van der Waals surface area contributed by atoms with Gasteiger partial charge in [0, 0.05) is 15.6 Å². The van der Waals surface area contributed by atoms with Gasteiger partial charge in [-0.05, 0) is 40.2 Å². The van der Waals surface area contributed by atoms with Gasteiger partial charge in [-0.1, -0.05) is 11.6 Å². The first kappa shape index (κ1) is 14.5. The molecule has 0 aliphatic carbocycles. The number of rotatable bonds is 4. The summed E-state index contributed by atoms with van der Waals surface area (Å²) in [5.74, 6) is 5.64. The quantitative estimate of drug-likeness (QED) is 0.439. The largest absolute Gasteiger partial charge is 0.333 e. The minimum absolute atomic E-state index is 0.0773. The van der Waals surface area contributed by atoms with Crippen molar-refractivity contribution in [2.24, 2.45) is 5.84 Å². The van der Waals surface area contributed by atoms with Crippen molar-refractivity contribution in [3.05, 3.63) is 49.9 Å². The fraction of sp³-hybridized carbons (Fsp3) is 0. The maximum absolute atomic E-state index is 11.0. The Morgan fingerprint density at radius 2 is 2.10 bits per heavy atom. The number of hydrogen-bond donors (Lipinski definition) is 3. The number of nitrogens with two attached hydrogens (primary N) is 1. The molecule has 7 nitrogen and oxygen atoms in total. The van der Waals surface area contributed by atoms with Crippen LogP contribution >= 0.6 is 27.5 Å². The minimum Gasteiger partial charge on any atom is -0.333 e. The Morgan fingerprint density at radius 3 is 2.70 bits per heavy atom.